The molecule has 3 heteroatoms. The fourth-order valence-electron chi connectivity index (χ4n) is 2.07. The normalized spacial score (nSPS) is 12.7. The van der Waals surface area contributed by atoms with Gasteiger partial charge in [-0.3, -0.25) is 0 Å². The van der Waals surface area contributed by atoms with Crippen LogP contribution in [-0.2, 0) is 15.9 Å². The van der Waals surface area contributed by atoms with Crippen molar-refractivity contribution in [2.45, 2.75) is 32.7 Å². The molecule has 3 nitrogen and oxygen atoms in total. The van der Waals surface area contributed by atoms with E-state index in [9.17, 15) is 0 Å². The van der Waals surface area contributed by atoms with Crippen LogP contribution in [0.1, 0.15) is 23.1 Å². The van der Waals surface area contributed by atoms with E-state index in [0.717, 1.165) is 12.8 Å². The van der Waals surface area contributed by atoms with Crippen LogP contribution in [0.2, 0.25) is 0 Å². The minimum absolute atomic E-state index is 0.161. The van der Waals surface area contributed by atoms with Crippen molar-refractivity contribution < 1.29 is 9.47 Å². The third kappa shape index (κ3) is 6.15. The van der Waals surface area contributed by atoms with Crippen molar-refractivity contribution in [3.63, 3.8) is 0 Å². The van der Waals surface area contributed by atoms with Crippen molar-refractivity contribution in [1.29, 1.82) is 0 Å². The molecule has 0 aromatic heterocycles. The SMILES string of the molecule is COCCOCCC(N)Cc1cc(C)cc(C)c1. The highest BCUT2D eigenvalue weighted by molar-refractivity contribution is 5.29. The van der Waals surface area contributed by atoms with Crippen molar-refractivity contribution >= 4 is 0 Å². The Bertz CT molecular complexity index is 332. The van der Waals surface area contributed by atoms with Gasteiger partial charge in [0.15, 0.2) is 0 Å². The maximum absolute atomic E-state index is 6.11. The van der Waals surface area contributed by atoms with Gasteiger partial charge in [-0.1, -0.05) is 29.3 Å². The minimum atomic E-state index is 0.161. The first kappa shape index (κ1) is 15.2. The molecule has 1 rings (SSSR count). The molecule has 0 fully saturated rings. The summed E-state index contributed by atoms with van der Waals surface area (Å²) in [6.07, 6.45) is 1.80. The van der Waals surface area contributed by atoms with Crippen molar-refractivity contribution in [3.05, 3.63) is 34.9 Å². The van der Waals surface area contributed by atoms with Gasteiger partial charge in [-0.05, 0) is 32.3 Å². The second kappa shape index (κ2) is 8.25. The van der Waals surface area contributed by atoms with Gasteiger partial charge in [0.1, 0.15) is 0 Å². The lowest BCUT2D eigenvalue weighted by Crippen LogP contribution is -2.25. The molecule has 0 heterocycles. The second-order valence-corrected chi connectivity index (χ2v) is 4.85. The number of methoxy groups -OCH3 is 1. The third-order valence-corrected chi connectivity index (χ3v) is 2.84. The largest absolute Gasteiger partial charge is 0.382 e. The number of rotatable bonds is 8. The van der Waals surface area contributed by atoms with Crippen molar-refractivity contribution in [2.75, 3.05) is 26.9 Å². The molecule has 0 radical (unpaired) electrons. The smallest absolute Gasteiger partial charge is 0.0700 e. The van der Waals surface area contributed by atoms with E-state index >= 15 is 0 Å². The second-order valence-electron chi connectivity index (χ2n) is 4.85. The number of nitrogens with two attached hydrogens (primary N) is 1. The van der Waals surface area contributed by atoms with E-state index in [1.54, 1.807) is 7.11 Å². The lowest BCUT2D eigenvalue weighted by atomic mass is 10.0. The average Bonchev–Trinajstić information content (AvgIpc) is 2.27. The molecule has 1 aromatic carbocycles. The molecular formula is C15H25NO2. The zero-order chi connectivity index (χ0) is 13.4. The monoisotopic (exact) mass is 251 g/mol. The summed E-state index contributed by atoms with van der Waals surface area (Å²) in [5, 5.41) is 0. The Morgan fingerprint density at radius 2 is 1.72 bits per heavy atom. The van der Waals surface area contributed by atoms with Gasteiger partial charge in [0.2, 0.25) is 0 Å². The van der Waals surface area contributed by atoms with Crippen LogP contribution in [0.4, 0.5) is 0 Å². The molecule has 0 aliphatic rings. The van der Waals surface area contributed by atoms with E-state index in [1.807, 2.05) is 0 Å². The summed E-state index contributed by atoms with van der Waals surface area (Å²) in [6, 6.07) is 6.76. The Labute approximate surface area is 110 Å². The van der Waals surface area contributed by atoms with Gasteiger partial charge in [0.05, 0.1) is 13.2 Å². The van der Waals surface area contributed by atoms with E-state index in [4.69, 9.17) is 15.2 Å². The van der Waals surface area contributed by atoms with Gasteiger partial charge in [0.25, 0.3) is 0 Å². The van der Waals surface area contributed by atoms with Gasteiger partial charge < -0.3 is 15.2 Å². The molecule has 2 N–H and O–H groups in total. The Morgan fingerprint density at radius 1 is 1.06 bits per heavy atom. The summed E-state index contributed by atoms with van der Waals surface area (Å²) in [6.45, 7) is 6.24. The number of hydrogen-bond donors (Lipinski definition) is 1. The summed E-state index contributed by atoms with van der Waals surface area (Å²) in [5.74, 6) is 0. The zero-order valence-electron chi connectivity index (χ0n) is 11.7. The van der Waals surface area contributed by atoms with Gasteiger partial charge in [-0.15, -0.1) is 0 Å². The van der Waals surface area contributed by atoms with Gasteiger partial charge in [-0.25, -0.2) is 0 Å². The molecule has 0 bridgehead atoms. The van der Waals surface area contributed by atoms with E-state index < -0.39 is 0 Å². The summed E-state index contributed by atoms with van der Waals surface area (Å²) in [4.78, 5) is 0. The number of hydrogen-bond acceptors (Lipinski definition) is 3. The fraction of sp³-hybridized carbons (Fsp3) is 0.600. The Morgan fingerprint density at radius 3 is 2.33 bits per heavy atom. The van der Waals surface area contributed by atoms with Crippen LogP contribution in [0.5, 0.6) is 0 Å². The Balaban J connectivity index is 2.28. The minimum Gasteiger partial charge on any atom is -0.382 e. The highest BCUT2D eigenvalue weighted by atomic mass is 16.5. The van der Waals surface area contributed by atoms with Crippen molar-refractivity contribution in [3.8, 4) is 0 Å². The van der Waals surface area contributed by atoms with Crippen LogP contribution in [-0.4, -0.2) is 33.0 Å². The molecule has 1 aromatic rings. The zero-order valence-corrected chi connectivity index (χ0v) is 11.7. The van der Waals surface area contributed by atoms with Crippen LogP contribution in [0.3, 0.4) is 0 Å². The van der Waals surface area contributed by atoms with Crippen LogP contribution in [0.25, 0.3) is 0 Å². The molecule has 0 aliphatic heterocycles. The molecule has 1 atom stereocenters. The quantitative estimate of drug-likeness (QED) is 0.721. The van der Waals surface area contributed by atoms with Gasteiger partial charge in [0, 0.05) is 19.8 Å². The maximum Gasteiger partial charge on any atom is 0.0700 e. The molecule has 0 saturated carbocycles. The summed E-state index contributed by atoms with van der Waals surface area (Å²) in [5.41, 5.74) is 10.0. The highest BCUT2D eigenvalue weighted by Gasteiger charge is 2.05. The molecule has 102 valence electrons. The van der Waals surface area contributed by atoms with Crippen LogP contribution in [0.15, 0.2) is 18.2 Å². The first-order valence-electron chi connectivity index (χ1n) is 6.51. The third-order valence-electron chi connectivity index (χ3n) is 2.84. The lowest BCUT2D eigenvalue weighted by Gasteiger charge is -2.13. The van der Waals surface area contributed by atoms with Gasteiger partial charge >= 0.3 is 0 Å². The van der Waals surface area contributed by atoms with E-state index in [-0.39, 0.29) is 6.04 Å². The standard InChI is InChI=1S/C15H25NO2/c1-12-8-13(2)10-14(9-12)11-15(16)4-5-18-7-6-17-3/h8-10,15H,4-7,11,16H2,1-3H3. The molecule has 1 unspecified atom stereocenters. The topological polar surface area (TPSA) is 44.5 Å². The Hall–Kier alpha value is -0.900. The molecule has 0 saturated heterocycles. The van der Waals surface area contributed by atoms with E-state index in [2.05, 4.69) is 32.0 Å². The predicted molar refractivity (Wildman–Crippen MR) is 74.9 cm³/mol. The van der Waals surface area contributed by atoms with E-state index in [0.29, 0.717) is 19.8 Å². The first-order chi connectivity index (χ1) is 8.61. The highest BCUT2D eigenvalue weighted by Crippen LogP contribution is 2.11. The summed E-state index contributed by atoms with van der Waals surface area (Å²) >= 11 is 0. The van der Waals surface area contributed by atoms with Crippen LogP contribution in [0, 0.1) is 13.8 Å². The van der Waals surface area contributed by atoms with Crippen molar-refractivity contribution in [2.24, 2.45) is 5.73 Å². The first-order valence-corrected chi connectivity index (χ1v) is 6.51. The molecular weight excluding hydrogens is 226 g/mol. The number of ether oxygens (including phenoxy) is 2. The van der Waals surface area contributed by atoms with Crippen LogP contribution >= 0.6 is 0 Å². The molecule has 0 aliphatic carbocycles. The fourth-order valence-corrected chi connectivity index (χ4v) is 2.07. The maximum atomic E-state index is 6.11. The number of aryl methyl sites for hydroxylation is 2. The average molecular weight is 251 g/mol. The van der Waals surface area contributed by atoms with E-state index in [1.165, 1.54) is 16.7 Å². The Kier molecular flexibility index (Phi) is 6.94. The van der Waals surface area contributed by atoms with Gasteiger partial charge in [-0.2, -0.15) is 0 Å². The lowest BCUT2D eigenvalue weighted by molar-refractivity contribution is 0.0672. The van der Waals surface area contributed by atoms with Crippen molar-refractivity contribution in [1.82, 2.24) is 0 Å². The summed E-state index contributed by atoms with van der Waals surface area (Å²) in [7, 11) is 1.68. The molecule has 0 amide bonds. The molecule has 18 heavy (non-hydrogen) atoms. The number of benzene rings is 1. The molecule has 0 spiro atoms. The predicted octanol–water partition coefficient (Wildman–Crippen LogP) is 2.23. The van der Waals surface area contributed by atoms with Crippen LogP contribution < -0.4 is 5.73 Å². The summed E-state index contributed by atoms with van der Waals surface area (Å²) < 4.78 is 10.3.